The maximum Gasteiger partial charge on any atom is 0.339 e. The summed E-state index contributed by atoms with van der Waals surface area (Å²) in [7, 11) is 1.33. The van der Waals surface area contributed by atoms with Crippen LogP contribution in [0.4, 0.5) is 0 Å². The molecule has 30 heavy (non-hydrogen) atoms. The maximum absolute atomic E-state index is 11.6. The number of fused-ring (bicyclic) bond motifs is 1. The molecule has 0 aliphatic heterocycles. The molecule has 0 aliphatic carbocycles. The molecular formula is C24H20N2O4. The normalized spacial score (nSPS) is 10.6. The van der Waals surface area contributed by atoms with E-state index in [1.807, 2.05) is 60.7 Å². The molecule has 0 amide bonds. The van der Waals surface area contributed by atoms with Crippen LogP contribution in [0.3, 0.4) is 0 Å². The first-order valence-corrected chi connectivity index (χ1v) is 9.44. The molecule has 0 unspecified atom stereocenters. The fourth-order valence-corrected chi connectivity index (χ4v) is 2.96. The van der Waals surface area contributed by atoms with Crippen molar-refractivity contribution in [3.63, 3.8) is 0 Å². The van der Waals surface area contributed by atoms with Crippen LogP contribution in [-0.4, -0.2) is 23.0 Å². The SMILES string of the molecule is COC(=O)c1cncc(OCc2cccc(OCc3ccc4ccccc4n3)c2)c1. The molecule has 2 aromatic carbocycles. The number of aromatic nitrogens is 2. The Kier molecular flexibility index (Phi) is 5.85. The molecule has 0 saturated carbocycles. The Morgan fingerprint density at radius 1 is 0.867 bits per heavy atom. The first-order valence-electron chi connectivity index (χ1n) is 9.44. The van der Waals surface area contributed by atoms with Crippen molar-refractivity contribution in [2.24, 2.45) is 0 Å². The van der Waals surface area contributed by atoms with E-state index in [0.29, 0.717) is 24.5 Å². The van der Waals surface area contributed by atoms with E-state index in [1.54, 1.807) is 12.3 Å². The van der Waals surface area contributed by atoms with E-state index in [2.05, 4.69) is 9.97 Å². The van der Waals surface area contributed by atoms with Crippen molar-refractivity contribution in [1.29, 1.82) is 0 Å². The van der Waals surface area contributed by atoms with Gasteiger partial charge in [0.1, 0.15) is 24.7 Å². The summed E-state index contributed by atoms with van der Waals surface area (Å²) >= 11 is 0. The summed E-state index contributed by atoms with van der Waals surface area (Å²) in [5, 5.41) is 1.10. The smallest absolute Gasteiger partial charge is 0.339 e. The predicted octanol–water partition coefficient (Wildman–Crippen LogP) is 4.57. The average Bonchev–Trinajstić information content (AvgIpc) is 2.81. The minimum atomic E-state index is -0.453. The fraction of sp³-hybridized carbons (Fsp3) is 0.125. The lowest BCUT2D eigenvalue weighted by Crippen LogP contribution is -2.03. The van der Waals surface area contributed by atoms with E-state index < -0.39 is 5.97 Å². The van der Waals surface area contributed by atoms with Crippen molar-refractivity contribution in [1.82, 2.24) is 9.97 Å². The lowest BCUT2D eigenvalue weighted by atomic mass is 10.2. The minimum Gasteiger partial charge on any atom is -0.487 e. The van der Waals surface area contributed by atoms with Crippen molar-refractivity contribution in [3.05, 3.63) is 95.9 Å². The first-order chi connectivity index (χ1) is 14.7. The van der Waals surface area contributed by atoms with Crippen molar-refractivity contribution >= 4 is 16.9 Å². The first kappa shape index (κ1) is 19.4. The summed E-state index contributed by atoms with van der Waals surface area (Å²) < 4.78 is 16.4. The molecule has 4 rings (SSSR count). The summed E-state index contributed by atoms with van der Waals surface area (Å²) in [6.45, 7) is 0.692. The van der Waals surface area contributed by atoms with Gasteiger partial charge in [0.15, 0.2) is 0 Å². The lowest BCUT2D eigenvalue weighted by Gasteiger charge is -2.10. The van der Waals surface area contributed by atoms with Gasteiger partial charge in [0, 0.05) is 11.6 Å². The standard InChI is InChI=1S/C24H20N2O4/c1-28-24(27)19-12-22(14-25-13-19)29-15-17-5-4-7-21(11-17)30-16-20-10-9-18-6-2-3-8-23(18)26-20/h2-14H,15-16H2,1H3. The van der Waals surface area contributed by atoms with Crippen molar-refractivity contribution in [3.8, 4) is 11.5 Å². The maximum atomic E-state index is 11.6. The molecule has 0 saturated heterocycles. The third-order valence-electron chi connectivity index (χ3n) is 4.48. The largest absolute Gasteiger partial charge is 0.487 e. The van der Waals surface area contributed by atoms with Gasteiger partial charge in [0.2, 0.25) is 0 Å². The third kappa shape index (κ3) is 4.72. The van der Waals surface area contributed by atoms with E-state index in [1.165, 1.54) is 13.3 Å². The zero-order chi connectivity index (χ0) is 20.8. The fourth-order valence-electron chi connectivity index (χ4n) is 2.96. The molecule has 0 spiro atoms. The quantitative estimate of drug-likeness (QED) is 0.423. The van der Waals surface area contributed by atoms with Gasteiger partial charge in [-0.25, -0.2) is 9.78 Å². The molecule has 6 nitrogen and oxygen atoms in total. The lowest BCUT2D eigenvalue weighted by molar-refractivity contribution is 0.0599. The van der Waals surface area contributed by atoms with E-state index in [0.717, 1.165) is 27.9 Å². The van der Waals surface area contributed by atoms with Crippen LogP contribution >= 0.6 is 0 Å². The van der Waals surface area contributed by atoms with Gasteiger partial charge in [-0.1, -0.05) is 36.4 Å². The van der Waals surface area contributed by atoms with Crippen LogP contribution in [-0.2, 0) is 18.0 Å². The molecular weight excluding hydrogens is 380 g/mol. The third-order valence-corrected chi connectivity index (χ3v) is 4.48. The molecule has 0 aliphatic rings. The van der Waals surface area contributed by atoms with Gasteiger partial charge in [0.25, 0.3) is 0 Å². The summed E-state index contributed by atoms with van der Waals surface area (Å²) in [4.78, 5) is 20.2. The Labute approximate surface area is 174 Å². The highest BCUT2D eigenvalue weighted by atomic mass is 16.5. The highest BCUT2D eigenvalue weighted by Gasteiger charge is 2.08. The van der Waals surface area contributed by atoms with Gasteiger partial charge in [-0.05, 0) is 35.9 Å². The number of hydrogen-bond acceptors (Lipinski definition) is 6. The van der Waals surface area contributed by atoms with E-state index in [9.17, 15) is 4.79 Å². The Morgan fingerprint density at radius 2 is 1.73 bits per heavy atom. The number of benzene rings is 2. The van der Waals surface area contributed by atoms with E-state index in [-0.39, 0.29) is 0 Å². The molecule has 2 heterocycles. The van der Waals surface area contributed by atoms with Crippen LogP contribution in [0, 0.1) is 0 Å². The van der Waals surface area contributed by atoms with Crippen molar-refractivity contribution < 1.29 is 19.0 Å². The van der Waals surface area contributed by atoms with Crippen LogP contribution < -0.4 is 9.47 Å². The van der Waals surface area contributed by atoms with Crippen LogP contribution in [0.5, 0.6) is 11.5 Å². The van der Waals surface area contributed by atoms with Gasteiger partial charge in [-0.2, -0.15) is 0 Å². The Bertz CT molecular complexity index is 1180. The zero-order valence-corrected chi connectivity index (χ0v) is 16.4. The average molecular weight is 400 g/mol. The highest BCUT2D eigenvalue weighted by molar-refractivity contribution is 5.89. The Balaban J connectivity index is 1.38. The number of nitrogens with zero attached hydrogens (tertiary/aromatic N) is 2. The Morgan fingerprint density at radius 3 is 2.63 bits per heavy atom. The number of carbonyl (C=O) groups excluding carboxylic acids is 1. The van der Waals surface area contributed by atoms with Crippen LogP contribution in [0.2, 0.25) is 0 Å². The molecule has 150 valence electrons. The molecule has 0 N–H and O–H groups in total. The molecule has 0 atom stereocenters. The molecule has 0 fully saturated rings. The number of hydrogen-bond donors (Lipinski definition) is 0. The van der Waals surface area contributed by atoms with Gasteiger partial charge in [0.05, 0.1) is 30.1 Å². The van der Waals surface area contributed by atoms with Gasteiger partial charge in [-0.3, -0.25) is 4.98 Å². The minimum absolute atomic E-state index is 0.317. The van der Waals surface area contributed by atoms with Gasteiger partial charge >= 0.3 is 5.97 Å². The number of ether oxygens (including phenoxy) is 3. The van der Waals surface area contributed by atoms with Crippen molar-refractivity contribution in [2.45, 2.75) is 13.2 Å². The topological polar surface area (TPSA) is 70.5 Å². The molecule has 6 heteroatoms. The molecule has 0 bridgehead atoms. The van der Waals surface area contributed by atoms with E-state index in [4.69, 9.17) is 14.2 Å². The van der Waals surface area contributed by atoms with Crippen LogP contribution in [0.25, 0.3) is 10.9 Å². The number of carbonyl (C=O) groups is 1. The monoisotopic (exact) mass is 400 g/mol. The molecule has 2 aromatic heterocycles. The second-order valence-electron chi connectivity index (χ2n) is 6.62. The number of esters is 1. The summed E-state index contributed by atoms with van der Waals surface area (Å²) in [6, 6.07) is 21.3. The summed E-state index contributed by atoms with van der Waals surface area (Å²) in [5.41, 5.74) is 3.09. The second kappa shape index (κ2) is 9.05. The molecule has 4 aromatic rings. The van der Waals surface area contributed by atoms with Crippen LogP contribution in [0.15, 0.2) is 79.1 Å². The summed E-state index contributed by atoms with van der Waals surface area (Å²) in [6.07, 6.45) is 2.99. The summed E-state index contributed by atoms with van der Waals surface area (Å²) in [5.74, 6) is 0.766. The predicted molar refractivity (Wildman–Crippen MR) is 112 cm³/mol. The highest BCUT2D eigenvalue weighted by Crippen LogP contribution is 2.19. The number of rotatable bonds is 7. The van der Waals surface area contributed by atoms with Gasteiger partial charge < -0.3 is 14.2 Å². The van der Waals surface area contributed by atoms with Crippen molar-refractivity contribution in [2.75, 3.05) is 7.11 Å². The molecule has 0 radical (unpaired) electrons. The van der Waals surface area contributed by atoms with Gasteiger partial charge in [-0.15, -0.1) is 0 Å². The second-order valence-corrected chi connectivity index (χ2v) is 6.62. The zero-order valence-electron chi connectivity index (χ0n) is 16.4. The number of para-hydroxylation sites is 1. The number of pyridine rings is 2. The Hall–Kier alpha value is -3.93. The van der Waals surface area contributed by atoms with E-state index >= 15 is 0 Å². The van der Waals surface area contributed by atoms with Crippen LogP contribution in [0.1, 0.15) is 21.6 Å². The number of methoxy groups -OCH3 is 1.